The zero-order chi connectivity index (χ0) is 15.7. The van der Waals surface area contributed by atoms with Gasteiger partial charge in [-0.3, -0.25) is 9.48 Å². The molecule has 0 radical (unpaired) electrons. The van der Waals surface area contributed by atoms with Gasteiger partial charge in [0.1, 0.15) is 6.26 Å². The van der Waals surface area contributed by atoms with Gasteiger partial charge in [0.25, 0.3) is 5.91 Å². The Kier molecular flexibility index (Phi) is 3.67. The molecule has 0 atom stereocenters. The van der Waals surface area contributed by atoms with Crippen LogP contribution in [-0.4, -0.2) is 33.7 Å². The van der Waals surface area contributed by atoms with Gasteiger partial charge in [-0.05, 0) is 25.0 Å². The lowest BCUT2D eigenvalue weighted by atomic mass is 10.0. The minimum absolute atomic E-state index is 0.121. The molecule has 2 aromatic heterocycles. The molecule has 8 heteroatoms. The van der Waals surface area contributed by atoms with Crippen molar-refractivity contribution in [1.29, 1.82) is 0 Å². The molecular formula is C14H14F3N3O2. The van der Waals surface area contributed by atoms with Crippen molar-refractivity contribution >= 4 is 5.91 Å². The summed E-state index contributed by atoms with van der Waals surface area (Å²) in [6.07, 6.45) is 0.884. The normalized spacial score (nSPS) is 17.0. The molecule has 0 aromatic carbocycles. The molecule has 1 aliphatic heterocycles. The van der Waals surface area contributed by atoms with Crippen molar-refractivity contribution in [3.8, 4) is 0 Å². The van der Waals surface area contributed by atoms with E-state index in [1.165, 1.54) is 23.4 Å². The van der Waals surface area contributed by atoms with E-state index < -0.39 is 11.9 Å². The maximum Gasteiger partial charge on any atom is 0.435 e. The van der Waals surface area contributed by atoms with Crippen LogP contribution < -0.4 is 0 Å². The zero-order valence-corrected chi connectivity index (χ0v) is 11.6. The Bertz CT molecular complexity index is 641. The average molecular weight is 313 g/mol. The van der Waals surface area contributed by atoms with Crippen LogP contribution >= 0.6 is 0 Å². The molecule has 0 spiro atoms. The average Bonchev–Trinajstić information content (AvgIpc) is 3.17. The molecule has 118 valence electrons. The number of alkyl halides is 3. The fourth-order valence-electron chi connectivity index (χ4n) is 2.59. The Hall–Kier alpha value is -2.25. The summed E-state index contributed by atoms with van der Waals surface area (Å²) in [5, 5.41) is 3.60. The number of carbonyl (C=O) groups is 1. The van der Waals surface area contributed by atoms with Gasteiger partial charge in [0.15, 0.2) is 5.69 Å². The number of hydrogen-bond acceptors (Lipinski definition) is 3. The highest BCUT2D eigenvalue weighted by Gasteiger charge is 2.34. The lowest BCUT2D eigenvalue weighted by Gasteiger charge is -2.31. The topological polar surface area (TPSA) is 51.3 Å². The van der Waals surface area contributed by atoms with E-state index >= 15 is 0 Å². The summed E-state index contributed by atoms with van der Waals surface area (Å²) in [6, 6.07) is 2.45. The molecule has 1 saturated heterocycles. The van der Waals surface area contributed by atoms with Crippen LogP contribution in [0, 0.1) is 0 Å². The van der Waals surface area contributed by atoms with E-state index in [-0.39, 0.29) is 11.9 Å². The first-order valence-corrected chi connectivity index (χ1v) is 6.89. The van der Waals surface area contributed by atoms with Crippen LogP contribution in [0.15, 0.2) is 35.3 Å². The van der Waals surface area contributed by atoms with Gasteiger partial charge < -0.3 is 9.32 Å². The van der Waals surface area contributed by atoms with Crippen LogP contribution in [0.5, 0.6) is 0 Å². The smallest absolute Gasteiger partial charge is 0.435 e. The lowest BCUT2D eigenvalue weighted by molar-refractivity contribution is -0.141. The number of likely N-dealkylation sites (tertiary alicyclic amines) is 1. The summed E-state index contributed by atoms with van der Waals surface area (Å²) >= 11 is 0. The standard InChI is InChI=1S/C14H14F3N3O2/c15-14(16,17)12-3-7-20(18-12)11-1-5-19(6-2-11)13(21)10-4-8-22-9-10/h3-4,7-9,11H,1-2,5-6H2. The summed E-state index contributed by atoms with van der Waals surface area (Å²) in [5.74, 6) is -0.122. The van der Waals surface area contributed by atoms with Crippen molar-refractivity contribution in [3.63, 3.8) is 0 Å². The van der Waals surface area contributed by atoms with Crippen molar-refractivity contribution < 1.29 is 22.4 Å². The summed E-state index contributed by atoms with van der Waals surface area (Å²) in [4.78, 5) is 13.8. The minimum atomic E-state index is -4.43. The summed E-state index contributed by atoms with van der Waals surface area (Å²) in [6.45, 7) is 0.964. The number of amides is 1. The van der Waals surface area contributed by atoms with Gasteiger partial charge in [0.05, 0.1) is 17.9 Å². The third kappa shape index (κ3) is 2.86. The molecule has 3 heterocycles. The SMILES string of the molecule is O=C(c1ccoc1)N1CCC(n2ccc(C(F)(F)F)n2)CC1. The molecule has 0 unspecified atom stereocenters. The molecule has 5 nitrogen and oxygen atoms in total. The summed E-state index contributed by atoms with van der Waals surface area (Å²) < 4.78 is 43.9. The maximum atomic E-state index is 12.6. The third-order valence-corrected chi connectivity index (χ3v) is 3.79. The van der Waals surface area contributed by atoms with Gasteiger partial charge in [-0.25, -0.2) is 0 Å². The monoisotopic (exact) mass is 313 g/mol. The Morgan fingerprint density at radius 2 is 2.00 bits per heavy atom. The van der Waals surface area contributed by atoms with Crippen LogP contribution in [0.1, 0.15) is 34.9 Å². The van der Waals surface area contributed by atoms with Gasteiger partial charge >= 0.3 is 6.18 Å². The van der Waals surface area contributed by atoms with Gasteiger partial charge in [-0.15, -0.1) is 0 Å². The van der Waals surface area contributed by atoms with E-state index in [9.17, 15) is 18.0 Å². The van der Waals surface area contributed by atoms with Crippen LogP contribution in [0.3, 0.4) is 0 Å². The van der Waals surface area contributed by atoms with E-state index in [0.29, 0.717) is 31.5 Å². The Labute approximate surface area is 124 Å². The van der Waals surface area contributed by atoms with Gasteiger partial charge in [-0.1, -0.05) is 0 Å². The number of halogens is 3. The van der Waals surface area contributed by atoms with E-state index in [0.717, 1.165) is 6.07 Å². The minimum Gasteiger partial charge on any atom is -0.472 e. The molecule has 0 N–H and O–H groups in total. The molecule has 1 aliphatic rings. The van der Waals surface area contributed by atoms with Crippen LogP contribution in [0.2, 0.25) is 0 Å². The van der Waals surface area contributed by atoms with Crippen molar-refractivity contribution in [2.24, 2.45) is 0 Å². The Morgan fingerprint density at radius 3 is 2.55 bits per heavy atom. The van der Waals surface area contributed by atoms with Crippen molar-refractivity contribution in [2.75, 3.05) is 13.1 Å². The number of hydrogen-bond donors (Lipinski definition) is 0. The molecule has 1 fully saturated rings. The highest BCUT2D eigenvalue weighted by atomic mass is 19.4. The van der Waals surface area contributed by atoms with E-state index in [1.807, 2.05) is 0 Å². The fourth-order valence-corrected chi connectivity index (χ4v) is 2.59. The van der Waals surface area contributed by atoms with Gasteiger partial charge in [0.2, 0.25) is 0 Å². The van der Waals surface area contributed by atoms with E-state index in [1.54, 1.807) is 11.0 Å². The summed E-state index contributed by atoms with van der Waals surface area (Å²) in [7, 11) is 0. The molecule has 22 heavy (non-hydrogen) atoms. The number of aromatic nitrogens is 2. The highest BCUT2D eigenvalue weighted by Crippen LogP contribution is 2.29. The number of piperidine rings is 1. The first-order valence-electron chi connectivity index (χ1n) is 6.89. The molecule has 0 saturated carbocycles. The van der Waals surface area contributed by atoms with Crippen molar-refractivity contribution in [2.45, 2.75) is 25.1 Å². The zero-order valence-electron chi connectivity index (χ0n) is 11.6. The lowest BCUT2D eigenvalue weighted by Crippen LogP contribution is -2.39. The van der Waals surface area contributed by atoms with Crippen LogP contribution in [0.25, 0.3) is 0 Å². The number of nitrogens with zero attached hydrogens (tertiary/aromatic N) is 3. The van der Waals surface area contributed by atoms with Gasteiger partial charge in [0, 0.05) is 19.3 Å². The fraction of sp³-hybridized carbons (Fsp3) is 0.429. The molecular weight excluding hydrogens is 299 g/mol. The number of carbonyl (C=O) groups excluding carboxylic acids is 1. The molecule has 0 bridgehead atoms. The highest BCUT2D eigenvalue weighted by molar-refractivity contribution is 5.93. The van der Waals surface area contributed by atoms with E-state index in [4.69, 9.17) is 4.42 Å². The number of rotatable bonds is 2. The molecule has 1 amide bonds. The second-order valence-corrected chi connectivity index (χ2v) is 5.21. The first-order chi connectivity index (χ1) is 10.4. The summed E-state index contributed by atoms with van der Waals surface area (Å²) in [5.41, 5.74) is -0.402. The third-order valence-electron chi connectivity index (χ3n) is 3.79. The predicted octanol–water partition coefficient (Wildman–Crippen LogP) is 2.97. The molecule has 2 aromatic rings. The largest absolute Gasteiger partial charge is 0.472 e. The van der Waals surface area contributed by atoms with Crippen molar-refractivity contribution in [3.05, 3.63) is 42.1 Å². The van der Waals surface area contributed by atoms with Crippen molar-refractivity contribution in [1.82, 2.24) is 14.7 Å². The quantitative estimate of drug-likeness (QED) is 0.856. The number of furan rings is 1. The maximum absolute atomic E-state index is 12.6. The first kappa shape index (κ1) is 14.7. The second kappa shape index (κ2) is 5.51. The molecule has 0 aliphatic carbocycles. The Balaban J connectivity index is 1.62. The Morgan fingerprint density at radius 1 is 1.27 bits per heavy atom. The van der Waals surface area contributed by atoms with E-state index in [2.05, 4.69) is 5.10 Å². The predicted molar refractivity (Wildman–Crippen MR) is 70.1 cm³/mol. The van der Waals surface area contributed by atoms with Crippen LogP contribution in [-0.2, 0) is 6.18 Å². The molecule has 3 rings (SSSR count). The van der Waals surface area contributed by atoms with Crippen LogP contribution in [0.4, 0.5) is 13.2 Å². The second-order valence-electron chi connectivity index (χ2n) is 5.21. The van der Waals surface area contributed by atoms with Gasteiger partial charge in [-0.2, -0.15) is 18.3 Å².